The first-order valence-electron chi connectivity index (χ1n) is 6.92. The Kier molecular flexibility index (Phi) is 6.03. The van der Waals surface area contributed by atoms with Gasteiger partial charge in [-0.2, -0.15) is 0 Å². The molecule has 112 valence electrons. The monoisotopic (exact) mass is 367 g/mol. The van der Waals surface area contributed by atoms with Crippen molar-refractivity contribution in [3.63, 3.8) is 0 Å². The minimum atomic E-state index is 0.688. The summed E-state index contributed by atoms with van der Waals surface area (Å²) in [5.74, 6) is 0.923. The fraction of sp³-hybridized carbons (Fsp3) is 0.312. The van der Waals surface area contributed by atoms with E-state index in [-0.39, 0.29) is 0 Å². The molecule has 0 saturated heterocycles. The highest BCUT2D eigenvalue weighted by molar-refractivity contribution is 9.10. The van der Waals surface area contributed by atoms with Crippen LogP contribution in [-0.2, 0) is 13.1 Å². The Bertz CT molecular complexity index is 604. The van der Waals surface area contributed by atoms with E-state index in [0.29, 0.717) is 11.6 Å². The van der Waals surface area contributed by atoms with E-state index in [0.717, 1.165) is 29.1 Å². The number of pyridine rings is 1. The molecule has 3 nitrogen and oxygen atoms in total. The first-order valence-corrected chi connectivity index (χ1v) is 8.09. The molecule has 5 heteroatoms. The van der Waals surface area contributed by atoms with Crippen molar-refractivity contribution in [2.45, 2.75) is 20.0 Å². The Morgan fingerprint density at radius 3 is 2.81 bits per heavy atom. The smallest absolute Gasteiger partial charge is 0.129 e. The molecule has 2 aromatic rings. The van der Waals surface area contributed by atoms with Crippen LogP contribution in [0.5, 0.6) is 0 Å². The second-order valence-corrected chi connectivity index (χ2v) is 6.19. The number of anilines is 1. The highest BCUT2D eigenvalue weighted by Gasteiger charge is 2.08. The van der Waals surface area contributed by atoms with Gasteiger partial charge in [-0.1, -0.05) is 46.6 Å². The molecule has 2 rings (SSSR count). The minimum Gasteiger partial charge on any atom is -0.355 e. The Morgan fingerprint density at radius 1 is 1.29 bits per heavy atom. The molecular weight excluding hydrogens is 350 g/mol. The van der Waals surface area contributed by atoms with E-state index in [1.165, 1.54) is 5.56 Å². The molecule has 1 aromatic heterocycles. The van der Waals surface area contributed by atoms with Gasteiger partial charge >= 0.3 is 0 Å². The first kappa shape index (κ1) is 16.3. The normalized spacial score (nSPS) is 10.7. The molecule has 0 aliphatic heterocycles. The predicted molar refractivity (Wildman–Crippen MR) is 92.9 cm³/mol. The van der Waals surface area contributed by atoms with Crippen molar-refractivity contribution in [3.8, 4) is 0 Å². The molecular formula is C16H19BrClN3. The zero-order valence-electron chi connectivity index (χ0n) is 12.2. The van der Waals surface area contributed by atoms with E-state index in [1.54, 1.807) is 0 Å². The summed E-state index contributed by atoms with van der Waals surface area (Å²) < 4.78 is 1.09. The maximum absolute atomic E-state index is 6.19. The molecule has 0 atom stereocenters. The Morgan fingerprint density at radius 2 is 2.10 bits per heavy atom. The molecule has 0 aliphatic rings. The summed E-state index contributed by atoms with van der Waals surface area (Å²) in [5.41, 5.74) is 2.12. The van der Waals surface area contributed by atoms with Gasteiger partial charge in [-0.15, -0.1) is 0 Å². The van der Waals surface area contributed by atoms with Crippen molar-refractivity contribution >= 4 is 33.3 Å². The van der Waals surface area contributed by atoms with Crippen molar-refractivity contribution in [2.24, 2.45) is 0 Å². The standard InChI is InChI=1S/C16H19BrClN3/c1-3-19-10-15-14(18)7-8-16(20-15)21(2)11-12-5-4-6-13(17)9-12/h4-9,19H,3,10-11H2,1-2H3. The number of halogens is 2. The average Bonchev–Trinajstić information content (AvgIpc) is 2.46. The number of aromatic nitrogens is 1. The van der Waals surface area contributed by atoms with Gasteiger partial charge in [-0.05, 0) is 36.4 Å². The molecule has 0 spiro atoms. The molecule has 0 amide bonds. The van der Waals surface area contributed by atoms with Gasteiger partial charge in [0.1, 0.15) is 5.82 Å². The van der Waals surface area contributed by atoms with Crippen molar-refractivity contribution in [1.82, 2.24) is 10.3 Å². The van der Waals surface area contributed by atoms with Crippen LogP contribution in [0.25, 0.3) is 0 Å². The predicted octanol–water partition coefficient (Wildman–Crippen LogP) is 4.24. The van der Waals surface area contributed by atoms with Crippen LogP contribution in [-0.4, -0.2) is 18.6 Å². The lowest BCUT2D eigenvalue weighted by Crippen LogP contribution is -2.19. The van der Waals surface area contributed by atoms with E-state index in [1.807, 2.05) is 31.3 Å². The molecule has 0 bridgehead atoms. The van der Waals surface area contributed by atoms with Crippen LogP contribution >= 0.6 is 27.5 Å². The van der Waals surface area contributed by atoms with Gasteiger partial charge < -0.3 is 10.2 Å². The van der Waals surface area contributed by atoms with Gasteiger partial charge in [-0.25, -0.2) is 4.98 Å². The van der Waals surface area contributed by atoms with Crippen LogP contribution in [0.1, 0.15) is 18.2 Å². The van der Waals surface area contributed by atoms with E-state index >= 15 is 0 Å². The van der Waals surface area contributed by atoms with Crippen LogP contribution in [0.3, 0.4) is 0 Å². The van der Waals surface area contributed by atoms with Crippen molar-refractivity contribution in [3.05, 3.63) is 57.2 Å². The summed E-state index contributed by atoms with van der Waals surface area (Å²) >= 11 is 9.69. The highest BCUT2D eigenvalue weighted by Crippen LogP contribution is 2.20. The zero-order chi connectivity index (χ0) is 15.2. The van der Waals surface area contributed by atoms with Crippen LogP contribution in [0, 0.1) is 0 Å². The molecule has 1 N–H and O–H groups in total. The van der Waals surface area contributed by atoms with Gasteiger partial charge in [0.05, 0.1) is 10.7 Å². The fourth-order valence-electron chi connectivity index (χ4n) is 2.04. The second kappa shape index (κ2) is 7.78. The highest BCUT2D eigenvalue weighted by atomic mass is 79.9. The number of hydrogen-bond donors (Lipinski definition) is 1. The SMILES string of the molecule is CCNCc1nc(N(C)Cc2cccc(Br)c2)ccc1Cl. The summed E-state index contributed by atoms with van der Waals surface area (Å²) in [6.07, 6.45) is 0. The molecule has 21 heavy (non-hydrogen) atoms. The molecule has 1 heterocycles. The molecule has 0 fully saturated rings. The van der Waals surface area contributed by atoms with E-state index in [2.05, 4.69) is 50.2 Å². The molecule has 0 saturated carbocycles. The van der Waals surface area contributed by atoms with Gasteiger partial charge in [0, 0.05) is 24.6 Å². The summed E-state index contributed by atoms with van der Waals surface area (Å²) in [6, 6.07) is 12.2. The van der Waals surface area contributed by atoms with Crippen LogP contribution in [0.15, 0.2) is 40.9 Å². The molecule has 1 aromatic carbocycles. The second-order valence-electron chi connectivity index (χ2n) is 4.86. The number of hydrogen-bond acceptors (Lipinski definition) is 3. The summed E-state index contributed by atoms with van der Waals surface area (Å²) in [7, 11) is 2.04. The largest absolute Gasteiger partial charge is 0.355 e. The van der Waals surface area contributed by atoms with E-state index < -0.39 is 0 Å². The van der Waals surface area contributed by atoms with Gasteiger partial charge in [-0.3, -0.25) is 0 Å². The lowest BCUT2D eigenvalue weighted by atomic mass is 10.2. The maximum Gasteiger partial charge on any atom is 0.129 e. The van der Waals surface area contributed by atoms with Crippen LogP contribution in [0.4, 0.5) is 5.82 Å². The summed E-state index contributed by atoms with van der Waals surface area (Å²) in [5, 5.41) is 3.96. The maximum atomic E-state index is 6.19. The van der Waals surface area contributed by atoms with Gasteiger partial charge in [0.2, 0.25) is 0 Å². The van der Waals surface area contributed by atoms with Crippen molar-refractivity contribution < 1.29 is 0 Å². The number of nitrogens with one attached hydrogen (secondary N) is 1. The van der Waals surface area contributed by atoms with Crippen LogP contribution in [0.2, 0.25) is 5.02 Å². The minimum absolute atomic E-state index is 0.688. The van der Waals surface area contributed by atoms with E-state index in [9.17, 15) is 0 Å². The number of rotatable bonds is 6. The lowest BCUT2D eigenvalue weighted by Gasteiger charge is -2.19. The van der Waals surface area contributed by atoms with Crippen molar-refractivity contribution in [1.29, 1.82) is 0 Å². The quantitative estimate of drug-likeness (QED) is 0.826. The first-order chi connectivity index (χ1) is 10.1. The summed E-state index contributed by atoms with van der Waals surface area (Å²) in [4.78, 5) is 6.77. The van der Waals surface area contributed by atoms with Crippen LogP contribution < -0.4 is 10.2 Å². The Balaban J connectivity index is 2.13. The third-order valence-corrected chi connectivity index (χ3v) is 3.98. The number of benzene rings is 1. The molecule has 0 aliphatic carbocycles. The Labute approximate surface area is 139 Å². The topological polar surface area (TPSA) is 28.2 Å². The third kappa shape index (κ3) is 4.70. The van der Waals surface area contributed by atoms with E-state index in [4.69, 9.17) is 11.6 Å². The van der Waals surface area contributed by atoms with Gasteiger partial charge in [0.15, 0.2) is 0 Å². The summed E-state index contributed by atoms with van der Waals surface area (Å²) in [6.45, 7) is 4.45. The lowest BCUT2D eigenvalue weighted by molar-refractivity contribution is 0.708. The van der Waals surface area contributed by atoms with Crippen molar-refractivity contribution in [2.75, 3.05) is 18.5 Å². The average molecular weight is 369 g/mol. The fourth-order valence-corrected chi connectivity index (χ4v) is 2.66. The Hall–Kier alpha value is -1.10. The molecule has 0 radical (unpaired) electrons. The third-order valence-electron chi connectivity index (χ3n) is 3.15. The van der Waals surface area contributed by atoms with Gasteiger partial charge in [0.25, 0.3) is 0 Å². The molecule has 0 unspecified atom stereocenters. The number of nitrogens with zero attached hydrogens (tertiary/aromatic N) is 2. The zero-order valence-corrected chi connectivity index (χ0v) is 14.6.